The molecule has 0 saturated heterocycles. The first-order chi connectivity index (χ1) is 16.5. The highest BCUT2D eigenvalue weighted by Gasteiger charge is 2.21. The molecule has 0 spiro atoms. The summed E-state index contributed by atoms with van der Waals surface area (Å²) in [5, 5.41) is 12.4. The third-order valence-electron chi connectivity index (χ3n) is 5.54. The topological polar surface area (TPSA) is 127 Å². The predicted octanol–water partition coefficient (Wildman–Crippen LogP) is 4.41. The maximum absolute atomic E-state index is 14.7. The molecule has 2 amide bonds. The molecule has 11 heteroatoms. The second-order valence-corrected chi connectivity index (χ2v) is 9.20. The summed E-state index contributed by atoms with van der Waals surface area (Å²) in [5.74, 6) is -0.129. The number of anilines is 3. The Morgan fingerprint density at radius 3 is 2.51 bits per heavy atom. The van der Waals surface area contributed by atoms with Gasteiger partial charge in [0.2, 0.25) is 11.8 Å². The van der Waals surface area contributed by atoms with Crippen molar-refractivity contribution in [1.29, 1.82) is 0 Å². The van der Waals surface area contributed by atoms with Gasteiger partial charge in [-0.1, -0.05) is 25.9 Å². The zero-order valence-corrected chi connectivity index (χ0v) is 20.3. The van der Waals surface area contributed by atoms with E-state index in [1.807, 2.05) is 20.8 Å². The van der Waals surface area contributed by atoms with Crippen LogP contribution in [-0.2, 0) is 12.5 Å². The number of fused-ring (bicyclic) bond motifs is 1. The summed E-state index contributed by atoms with van der Waals surface area (Å²) in [5.41, 5.74) is 1.77. The lowest BCUT2D eigenvalue weighted by Gasteiger charge is -2.14. The zero-order valence-electron chi connectivity index (χ0n) is 20.3. The molecule has 0 fully saturated rings. The van der Waals surface area contributed by atoms with Crippen LogP contribution < -0.4 is 21.5 Å². The van der Waals surface area contributed by atoms with E-state index >= 15 is 0 Å². The van der Waals surface area contributed by atoms with Crippen LogP contribution in [0.3, 0.4) is 0 Å². The van der Waals surface area contributed by atoms with Crippen molar-refractivity contribution in [3.63, 3.8) is 0 Å². The maximum Gasteiger partial charge on any atom is 0.326 e. The Balaban J connectivity index is 1.67. The fourth-order valence-corrected chi connectivity index (χ4v) is 3.57. The van der Waals surface area contributed by atoms with Crippen molar-refractivity contribution in [2.45, 2.75) is 33.1 Å². The fourth-order valence-electron chi connectivity index (χ4n) is 3.57. The second kappa shape index (κ2) is 8.82. The minimum absolute atomic E-state index is 0.0948. The van der Waals surface area contributed by atoms with Gasteiger partial charge in [-0.25, -0.2) is 14.2 Å². The van der Waals surface area contributed by atoms with Crippen LogP contribution in [0.4, 0.5) is 26.7 Å². The lowest BCUT2D eigenvalue weighted by Crippen LogP contribution is -2.22. The van der Waals surface area contributed by atoms with Crippen molar-refractivity contribution >= 4 is 34.6 Å². The Labute approximate surface area is 200 Å². The average Bonchev–Trinajstić information content (AvgIpc) is 3.27. The average molecular weight is 480 g/mol. The first kappa shape index (κ1) is 23.9. The summed E-state index contributed by atoms with van der Waals surface area (Å²) < 4.78 is 21.3. The van der Waals surface area contributed by atoms with Crippen molar-refractivity contribution in [3.05, 3.63) is 57.9 Å². The molecule has 0 unspecified atom stereocenters. The summed E-state index contributed by atoms with van der Waals surface area (Å²) in [6.45, 7) is 7.57. The summed E-state index contributed by atoms with van der Waals surface area (Å²) in [6.07, 6.45) is 1.60. The van der Waals surface area contributed by atoms with Crippen molar-refractivity contribution in [1.82, 2.24) is 19.7 Å². The largest absolute Gasteiger partial charge is 0.357 e. The maximum atomic E-state index is 14.7. The van der Waals surface area contributed by atoms with Crippen LogP contribution in [0, 0.1) is 12.7 Å². The number of pyridine rings is 1. The van der Waals surface area contributed by atoms with Crippen LogP contribution in [0.5, 0.6) is 0 Å². The van der Waals surface area contributed by atoms with Gasteiger partial charge in [-0.3, -0.25) is 14.7 Å². The molecule has 10 nitrogen and oxygen atoms in total. The van der Waals surface area contributed by atoms with Crippen LogP contribution in [0.15, 0.2) is 39.8 Å². The molecular weight excluding hydrogens is 453 g/mol. The van der Waals surface area contributed by atoms with Gasteiger partial charge >= 0.3 is 6.03 Å². The monoisotopic (exact) mass is 479 g/mol. The van der Waals surface area contributed by atoms with Crippen molar-refractivity contribution in [2.24, 2.45) is 7.05 Å². The molecule has 0 saturated carbocycles. The smallest absolute Gasteiger partial charge is 0.326 e. The number of rotatable bonds is 4. The van der Waals surface area contributed by atoms with Gasteiger partial charge in [0.1, 0.15) is 11.5 Å². The Morgan fingerprint density at radius 1 is 1.11 bits per heavy atom. The van der Waals surface area contributed by atoms with Crippen LogP contribution in [0.1, 0.15) is 32.0 Å². The van der Waals surface area contributed by atoms with E-state index in [0.717, 1.165) is 0 Å². The Bertz CT molecular complexity index is 1500. The van der Waals surface area contributed by atoms with E-state index in [0.29, 0.717) is 39.4 Å². The minimum Gasteiger partial charge on any atom is -0.357 e. The molecule has 0 aliphatic carbocycles. The molecule has 0 aliphatic rings. The number of urea groups is 1. The lowest BCUT2D eigenvalue weighted by molar-refractivity contribution is 0.261. The van der Waals surface area contributed by atoms with E-state index in [2.05, 4.69) is 31.1 Å². The number of benzene rings is 1. The van der Waals surface area contributed by atoms with Crippen molar-refractivity contribution in [2.75, 3.05) is 23.0 Å². The van der Waals surface area contributed by atoms with Crippen molar-refractivity contribution in [3.8, 4) is 11.1 Å². The van der Waals surface area contributed by atoms with Gasteiger partial charge in [0.25, 0.3) is 5.56 Å². The molecule has 0 atom stereocenters. The highest BCUT2D eigenvalue weighted by molar-refractivity contribution is 5.99. The third-order valence-corrected chi connectivity index (χ3v) is 5.54. The molecular formula is C24H26FN7O3. The number of carbonyl (C=O) groups excluding carboxylic acids is 1. The fraction of sp³-hybridized carbons (Fsp3) is 0.292. The quantitative estimate of drug-likeness (QED) is 0.396. The number of hydrogen-bond donors (Lipinski definition) is 3. The van der Waals surface area contributed by atoms with Gasteiger partial charge in [0, 0.05) is 42.7 Å². The van der Waals surface area contributed by atoms with E-state index < -0.39 is 11.8 Å². The van der Waals surface area contributed by atoms with Gasteiger partial charge in [-0.05, 0) is 36.2 Å². The molecule has 3 N–H and O–H groups in total. The molecule has 1 aromatic carbocycles. The van der Waals surface area contributed by atoms with Gasteiger partial charge in [0.05, 0.1) is 11.4 Å². The first-order valence-electron chi connectivity index (χ1n) is 10.9. The van der Waals surface area contributed by atoms with E-state index in [4.69, 9.17) is 4.52 Å². The van der Waals surface area contributed by atoms with Gasteiger partial charge < -0.3 is 15.2 Å². The highest BCUT2D eigenvalue weighted by atomic mass is 19.1. The Hall–Kier alpha value is -4.28. The molecule has 4 rings (SSSR count). The van der Waals surface area contributed by atoms with Crippen LogP contribution >= 0.6 is 0 Å². The molecule has 0 bridgehead atoms. The van der Waals surface area contributed by atoms with E-state index in [1.54, 1.807) is 39.3 Å². The molecule has 3 aromatic heterocycles. The van der Waals surface area contributed by atoms with Crippen LogP contribution in [0.2, 0.25) is 0 Å². The molecule has 35 heavy (non-hydrogen) atoms. The number of carbonyl (C=O) groups is 1. The van der Waals surface area contributed by atoms with E-state index in [9.17, 15) is 14.0 Å². The molecule has 3 heterocycles. The van der Waals surface area contributed by atoms with Crippen LogP contribution in [0.25, 0.3) is 22.2 Å². The lowest BCUT2D eigenvalue weighted by atomic mass is 9.92. The number of nitrogens with one attached hydrogen (secondary N) is 3. The normalized spacial score (nSPS) is 11.5. The molecule has 0 radical (unpaired) electrons. The molecule has 4 aromatic rings. The third kappa shape index (κ3) is 4.70. The Morgan fingerprint density at radius 2 is 1.86 bits per heavy atom. The number of nitrogens with zero attached hydrogens (tertiary/aromatic N) is 4. The number of halogens is 1. The molecule has 0 aliphatic heterocycles. The number of amides is 2. The number of hydrogen-bond acceptors (Lipinski definition) is 7. The zero-order chi connectivity index (χ0) is 25.5. The summed E-state index contributed by atoms with van der Waals surface area (Å²) in [6, 6.07) is 5.24. The Kier molecular flexibility index (Phi) is 6.01. The highest BCUT2D eigenvalue weighted by Crippen LogP contribution is 2.29. The van der Waals surface area contributed by atoms with Gasteiger partial charge in [-0.15, -0.1) is 0 Å². The predicted molar refractivity (Wildman–Crippen MR) is 132 cm³/mol. The van der Waals surface area contributed by atoms with E-state index in [-0.39, 0.29) is 22.5 Å². The van der Waals surface area contributed by atoms with Crippen molar-refractivity contribution < 1.29 is 13.7 Å². The second-order valence-electron chi connectivity index (χ2n) is 9.20. The van der Waals surface area contributed by atoms with Crippen LogP contribution in [-0.4, -0.2) is 32.8 Å². The molecule has 182 valence electrons. The summed E-state index contributed by atoms with van der Waals surface area (Å²) in [7, 11) is 3.29. The first-order valence-corrected chi connectivity index (χ1v) is 10.9. The standard InChI is InChI=1S/C24H26FN7O3/c1-12-7-16(25)17(28-23(34)29-19-10-18(31-35-19)24(2,3)4)9-14(12)15-8-13-11-27-22(26-5)30-20(13)32(6)21(15)33/h7-11H,1-6H3,(H,26,27,30)(H2,28,29,34). The number of aromatic nitrogens is 4. The minimum atomic E-state index is -0.713. The summed E-state index contributed by atoms with van der Waals surface area (Å²) in [4.78, 5) is 34.2. The van der Waals surface area contributed by atoms with Gasteiger partial charge in [-0.2, -0.15) is 4.98 Å². The van der Waals surface area contributed by atoms with E-state index in [1.165, 1.54) is 16.7 Å². The summed E-state index contributed by atoms with van der Waals surface area (Å²) >= 11 is 0. The van der Waals surface area contributed by atoms with Gasteiger partial charge in [0.15, 0.2) is 0 Å². The SMILES string of the molecule is CNc1ncc2cc(-c3cc(NC(=O)Nc4cc(C(C)(C)C)no4)c(F)cc3C)c(=O)n(C)c2n1. The number of aryl methyl sites for hydroxylation is 2.